The van der Waals surface area contributed by atoms with E-state index in [1.54, 1.807) is 25.1 Å². The molecular formula is C19H21Cl2N3O3. The van der Waals surface area contributed by atoms with Crippen molar-refractivity contribution >= 4 is 40.7 Å². The molecule has 0 spiro atoms. The molecule has 3 N–H and O–H groups in total. The molecule has 0 bridgehead atoms. The molecule has 0 aromatic heterocycles. The lowest BCUT2D eigenvalue weighted by Crippen LogP contribution is -2.49. The molecule has 0 aliphatic rings. The highest BCUT2D eigenvalue weighted by molar-refractivity contribution is 6.35. The van der Waals surface area contributed by atoms with Crippen molar-refractivity contribution in [3.8, 4) is 5.75 Å². The van der Waals surface area contributed by atoms with Crippen LogP contribution >= 0.6 is 23.2 Å². The maximum Gasteiger partial charge on any atom is 0.272 e. The molecular weight excluding hydrogens is 389 g/mol. The Balaban J connectivity index is 1.75. The van der Waals surface area contributed by atoms with Crippen molar-refractivity contribution in [3.63, 3.8) is 0 Å². The lowest BCUT2D eigenvalue weighted by atomic mass is 10.2. The molecule has 6 nitrogen and oxygen atoms in total. The van der Waals surface area contributed by atoms with E-state index in [1.165, 1.54) is 5.56 Å². The largest absolute Gasteiger partial charge is 0.484 e. The van der Waals surface area contributed by atoms with Gasteiger partial charge in [-0.3, -0.25) is 15.0 Å². The zero-order valence-corrected chi connectivity index (χ0v) is 16.5. The van der Waals surface area contributed by atoms with Crippen molar-refractivity contribution in [2.24, 2.45) is 0 Å². The highest BCUT2D eigenvalue weighted by Crippen LogP contribution is 2.22. The van der Waals surface area contributed by atoms with Gasteiger partial charge in [0, 0.05) is 15.7 Å². The second-order valence-electron chi connectivity index (χ2n) is 5.85. The molecule has 8 heteroatoms. The summed E-state index contributed by atoms with van der Waals surface area (Å²) < 4.78 is 5.40. The molecule has 2 rings (SSSR count). The Labute approximate surface area is 168 Å². The number of hydrogen-bond donors (Lipinski definition) is 3. The second-order valence-corrected chi connectivity index (χ2v) is 6.72. The predicted octanol–water partition coefficient (Wildman–Crippen LogP) is 3.58. The van der Waals surface area contributed by atoms with E-state index in [0.29, 0.717) is 21.5 Å². The van der Waals surface area contributed by atoms with Gasteiger partial charge in [-0.05, 0) is 49.2 Å². The van der Waals surface area contributed by atoms with Crippen molar-refractivity contribution in [2.75, 3.05) is 11.9 Å². The quantitative estimate of drug-likeness (QED) is 0.582. The fourth-order valence-corrected chi connectivity index (χ4v) is 2.66. The maximum atomic E-state index is 12.1. The average molecular weight is 410 g/mol. The Hall–Kier alpha value is -2.28. The van der Waals surface area contributed by atoms with Gasteiger partial charge in [0.25, 0.3) is 5.91 Å². The van der Waals surface area contributed by atoms with Gasteiger partial charge in [0.15, 0.2) is 6.61 Å². The minimum atomic E-state index is -0.685. The van der Waals surface area contributed by atoms with E-state index in [9.17, 15) is 9.59 Å². The number of benzene rings is 2. The number of aryl methyl sites for hydroxylation is 1. The van der Waals surface area contributed by atoms with Crippen LogP contribution in [0.4, 0.5) is 5.69 Å². The molecule has 2 amide bonds. The summed E-state index contributed by atoms with van der Waals surface area (Å²) in [6.07, 6.45) is 0.937. The third kappa shape index (κ3) is 7.09. The van der Waals surface area contributed by atoms with Gasteiger partial charge in [-0.2, -0.15) is 0 Å². The molecule has 0 saturated carbocycles. The van der Waals surface area contributed by atoms with Gasteiger partial charge < -0.3 is 10.1 Å². The number of halogens is 2. The van der Waals surface area contributed by atoms with Crippen LogP contribution in [0.15, 0.2) is 42.5 Å². The summed E-state index contributed by atoms with van der Waals surface area (Å²) in [5, 5.41) is 3.49. The summed E-state index contributed by atoms with van der Waals surface area (Å²) in [5.74, 6) is -0.157. The molecule has 0 heterocycles. The average Bonchev–Trinajstić information content (AvgIpc) is 2.63. The van der Waals surface area contributed by atoms with Gasteiger partial charge in [-0.1, -0.05) is 42.3 Å². The van der Waals surface area contributed by atoms with Crippen LogP contribution in [-0.4, -0.2) is 24.5 Å². The van der Waals surface area contributed by atoms with Gasteiger partial charge >= 0.3 is 0 Å². The predicted molar refractivity (Wildman–Crippen MR) is 107 cm³/mol. The lowest BCUT2D eigenvalue weighted by Gasteiger charge is -2.15. The number of nitrogens with one attached hydrogen (secondary N) is 3. The monoisotopic (exact) mass is 409 g/mol. The highest BCUT2D eigenvalue weighted by Gasteiger charge is 2.14. The van der Waals surface area contributed by atoms with Crippen LogP contribution in [0.3, 0.4) is 0 Å². The van der Waals surface area contributed by atoms with Gasteiger partial charge in [-0.15, -0.1) is 0 Å². The zero-order valence-electron chi connectivity index (χ0n) is 15.0. The van der Waals surface area contributed by atoms with Gasteiger partial charge in [0.05, 0.1) is 0 Å². The van der Waals surface area contributed by atoms with E-state index in [0.717, 1.165) is 6.42 Å². The maximum absolute atomic E-state index is 12.1. The first-order chi connectivity index (χ1) is 12.9. The van der Waals surface area contributed by atoms with Gasteiger partial charge in [0.1, 0.15) is 11.8 Å². The molecule has 27 heavy (non-hydrogen) atoms. The smallest absolute Gasteiger partial charge is 0.272 e. The zero-order chi connectivity index (χ0) is 19.8. The second kappa shape index (κ2) is 10.2. The van der Waals surface area contributed by atoms with E-state index in [2.05, 4.69) is 23.1 Å². The number of ether oxygens (including phenoxy) is 1. The van der Waals surface area contributed by atoms with Crippen LogP contribution in [0, 0.1) is 0 Å². The van der Waals surface area contributed by atoms with Crippen LogP contribution < -0.4 is 20.9 Å². The highest BCUT2D eigenvalue weighted by atomic mass is 35.5. The van der Waals surface area contributed by atoms with Crippen LogP contribution in [-0.2, 0) is 16.0 Å². The Morgan fingerprint density at radius 3 is 2.30 bits per heavy atom. The van der Waals surface area contributed by atoms with Crippen LogP contribution in [0.1, 0.15) is 19.4 Å². The summed E-state index contributed by atoms with van der Waals surface area (Å²) in [6.45, 7) is 3.50. The summed E-state index contributed by atoms with van der Waals surface area (Å²) in [4.78, 5) is 24.0. The molecule has 0 radical (unpaired) electrons. The van der Waals surface area contributed by atoms with E-state index in [-0.39, 0.29) is 12.5 Å². The molecule has 1 atom stereocenters. The number of anilines is 1. The number of hydrogen-bond acceptors (Lipinski definition) is 4. The van der Waals surface area contributed by atoms with Crippen molar-refractivity contribution in [3.05, 3.63) is 58.1 Å². The molecule has 0 unspecified atom stereocenters. The van der Waals surface area contributed by atoms with E-state index < -0.39 is 11.9 Å². The van der Waals surface area contributed by atoms with Crippen molar-refractivity contribution in [1.29, 1.82) is 0 Å². The SMILES string of the molecule is CCc1ccc(OCC(=O)NN[C@H](C)C(=O)Nc2cc(Cl)cc(Cl)c2)cc1. The topological polar surface area (TPSA) is 79.5 Å². The molecule has 0 aliphatic heterocycles. The molecule has 0 aliphatic carbocycles. The van der Waals surface area contributed by atoms with E-state index in [1.807, 2.05) is 24.3 Å². The Bertz CT molecular complexity index is 777. The van der Waals surface area contributed by atoms with E-state index in [4.69, 9.17) is 27.9 Å². The van der Waals surface area contributed by atoms with Crippen LogP contribution in [0.2, 0.25) is 10.0 Å². The van der Waals surface area contributed by atoms with Crippen LogP contribution in [0.5, 0.6) is 5.75 Å². The number of rotatable bonds is 8. The van der Waals surface area contributed by atoms with Crippen molar-refractivity contribution in [2.45, 2.75) is 26.3 Å². The van der Waals surface area contributed by atoms with Gasteiger partial charge in [0.2, 0.25) is 5.91 Å². The number of carbonyl (C=O) groups is 2. The Morgan fingerprint density at radius 1 is 1.07 bits per heavy atom. The third-order valence-electron chi connectivity index (χ3n) is 3.65. The summed E-state index contributed by atoms with van der Waals surface area (Å²) in [7, 11) is 0. The fourth-order valence-electron chi connectivity index (χ4n) is 2.14. The first-order valence-corrected chi connectivity index (χ1v) is 9.16. The van der Waals surface area contributed by atoms with Crippen molar-refractivity contribution in [1.82, 2.24) is 10.9 Å². The Morgan fingerprint density at radius 2 is 1.70 bits per heavy atom. The van der Waals surface area contributed by atoms with Crippen molar-refractivity contribution < 1.29 is 14.3 Å². The minimum absolute atomic E-state index is 0.170. The summed E-state index contributed by atoms with van der Waals surface area (Å²) >= 11 is 11.8. The molecule has 0 saturated heterocycles. The van der Waals surface area contributed by atoms with Crippen LogP contribution in [0.25, 0.3) is 0 Å². The molecule has 0 fully saturated rings. The third-order valence-corrected chi connectivity index (χ3v) is 4.09. The first-order valence-electron chi connectivity index (χ1n) is 8.40. The number of amides is 2. The minimum Gasteiger partial charge on any atom is -0.484 e. The van der Waals surface area contributed by atoms with Gasteiger partial charge in [-0.25, -0.2) is 5.43 Å². The molecule has 144 valence electrons. The lowest BCUT2D eigenvalue weighted by molar-refractivity contribution is -0.125. The number of hydrazine groups is 1. The molecule has 2 aromatic carbocycles. The number of carbonyl (C=O) groups excluding carboxylic acids is 2. The standard InChI is InChI=1S/C19H21Cl2N3O3/c1-3-13-4-6-17(7-5-13)27-11-18(25)24-23-12(2)19(26)22-16-9-14(20)8-15(21)10-16/h4-10,12,23H,3,11H2,1-2H3,(H,22,26)(H,24,25)/t12-/m1/s1. The molecule has 2 aromatic rings. The Kier molecular flexibility index (Phi) is 7.91. The summed E-state index contributed by atoms with van der Waals surface area (Å²) in [5.41, 5.74) is 6.72. The summed E-state index contributed by atoms with van der Waals surface area (Å²) in [6, 6.07) is 11.5. The first kappa shape index (κ1) is 21.0. The fraction of sp³-hybridized carbons (Fsp3) is 0.263. The van der Waals surface area contributed by atoms with E-state index >= 15 is 0 Å². The normalized spacial score (nSPS) is 11.6.